The fourth-order valence-corrected chi connectivity index (χ4v) is 5.66. The fourth-order valence-electron chi connectivity index (χ4n) is 4.59. The second-order valence-corrected chi connectivity index (χ2v) is 9.82. The summed E-state index contributed by atoms with van der Waals surface area (Å²) < 4.78 is 31.2. The first-order valence-corrected chi connectivity index (χ1v) is 11.9. The van der Waals surface area contributed by atoms with Crippen LogP contribution in [0.3, 0.4) is 0 Å². The van der Waals surface area contributed by atoms with E-state index in [4.69, 9.17) is 0 Å². The minimum atomic E-state index is -3.61. The zero-order chi connectivity index (χ0) is 20.7. The van der Waals surface area contributed by atoms with Crippen molar-refractivity contribution in [1.29, 1.82) is 0 Å². The molecule has 156 valence electrons. The summed E-state index contributed by atoms with van der Waals surface area (Å²) in [7, 11) is -1.57. The van der Waals surface area contributed by atoms with E-state index in [1.165, 1.54) is 10.9 Å². The van der Waals surface area contributed by atoms with Crippen LogP contribution in [0.15, 0.2) is 65.8 Å². The van der Waals surface area contributed by atoms with Gasteiger partial charge in [-0.15, -0.1) is 0 Å². The quantitative estimate of drug-likeness (QED) is 0.497. The van der Waals surface area contributed by atoms with Gasteiger partial charge in [-0.1, -0.05) is 24.3 Å². The molecule has 0 radical (unpaired) electrons. The molecule has 0 amide bonds. The molecule has 0 spiro atoms. The van der Waals surface area contributed by atoms with Crippen LogP contribution in [0.1, 0.15) is 24.4 Å². The molecule has 0 unspecified atom stereocenters. The van der Waals surface area contributed by atoms with Gasteiger partial charge < -0.3 is 9.55 Å². The van der Waals surface area contributed by atoms with E-state index in [0.29, 0.717) is 6.54 Å². The van der Waals surface area contributed by atoms with Crippen molar-refractivity contribution in [3.63, 3.8) is 0 Å². The summed E-state index contributed by atoms with van der Waals surface area (Å²) in [6, 6.07) is 15.5. The van der Waals surface area contributed by atoms with Crippen molar-refractivity contribution in [2.24, 2.45) is 7.05 Å². The third-order valence-corrected chi connectivity index (χ3v) is 7.59. The molecule has 30 heavy (non-hydrogen) atoms. The standard InChI is InChI=1S/C23H26N4O2S/c1-26-16-20(19-6-2-3-7-22(19)26)23(27-12-4-5-13-27)15-25-30(28,29)18-9-8-17-10-11-24-21(17)14-18/h2-3,6-11,14,16,23-25H,4-5,12-13,15H2,1H3/t23-/m1/s1. The van der Waals surface area contributed by atoms with E-state index < -0.39 is 10.0 Å². The lowest BCUT2D eigenvalue weighted by Gasteiger charge is -2.27. The van der Waals surface area contributed by atoms with Gasteiger partial charge in [0.05, 0.1) is 10.9 Å². The van der Waals surface area contributed by atoms with Crippen LogP contribution in [-0.4, -0.2) is 42.5 Å². The normalized spacial score (nSPS) is 16.6. The smallest absolute Gasteiger partial charge is 0.240 e. The highest BCUT2D eigenvalue weighted by Crippen LogP contribution is 2.32. The second kappa shape index (κ2) is 7.58. The van der Waals surface area contributed by atoms with Crippen molar-refractivity contribution >= 4 is 31.8 Å². The molecule has 1 aliphatic rings. The van der Waals surface area contributed by atoms with Gasteiger partial charge in [-0.2, -0.15) is 0 Å². The average molecular weight is 423 g/mol. The van der Waals surface area contributed by atoms with Gasteiger partial charge in [-0.3, -0.25) is 4.90 Å². The summed E-state index contributed by atoms with van der Waals surface area (Å²) in [4.78, 5) is 5.78. The zero-order valence-electron chi connectivity index (χ0n) is 17.0. The molecule has 0 aliphatic carbocycles. The molecule has 3 heterocycles. The highest BCUT2D eigenvalue weighted by molar-refractivity contribution is 7.89. The third-order valence-electron chi connectivity index (χ3n) is 6.17. The number of aryl methyl sites for hydroxylation is 1. The van der Waals surface area contributed by atoms with Gasteiger partial charge in [-0.25, -0.2) is 13.1 Å². The number of aromatic amines is 1. The Morgan fingerprint density at radius 3 is 2.73 bits per heavy atom. The molecule has 6 nitrogen and oxygen atoms in total. The number of aromatic nitrogens is 2. The van der Waals surface area contributed by atoms with Crippen LogP contribution in [0.4, 0.5) is 0 Å². The number of fused-ring (bicyclic) bond motifs is 2. The number of nitrogens with one attached hydrogen (secondary N) is 2. The zero-order valence-corrected chi connectivity index (χ0v) is 17.8. The van der Waals surface area contributed by atoms with E-state index in [2.05, 4.69) is 37.5 Å². The Hall–Kier alpha value is -2.61. The Morgan fingerprint density at radius 1 is 1.10 bits per heavy atom. The van der Waals surface area contributed by atoms with E-state index in [-0.39, 0.29) is 10.9 Å². The fraction of sp³-hybridized carbons (Fsp3) is 0.304. The van der Waals surface area contributed by atoms with E-state index in [1.54, 1.807) is 12.1 Å². The molecule has 1 aliphatic heterocycles. The minimum absolute atomic E-state index is 0.00240. The lowest BCUT2D eigenvalue weighted by atomic mass is 10.0. The van der Waals surface area contributed by atoms with E-state index in [0.717, 1.165) is 42.4 Å². The number of hydrogen-bond donors (Lipinski definition) is 2. The van der Waals surface area contributed by atoms with Crippen molar-refractivity contribution in [2.45, 2.75) is 23.8 Å². The molecular formula is C23H26N4O2S. The molecule has 2 aromatic carbocycles. The van der Waals surface area contributed by atoms with Gasteiger partial charge in [0.1, 0.15) is 0 Å². The maximum Gasteiger partial charge on any atom is 0.240 e. The Balaban J connectivity index is 1.46. The van der Waals surface area contributed by atoms with Crippen LogP contribution >= 0.6 is 0 Å². The molecule has 4 aromatic rings. The van der Waals surface area contributed by atoms with E-state index in [1.807, 2.05) is 37.5 Å². The lowest BCUT2D eigenvalue weighted by molar-refractivity contribution is 0.247. The average Bonchev–Trinajstić information content (AvgIpc) is 3.49. The Morgan fingerprint density at radius 2 is 1.90 bits per heavy atom. The minimum Gasteiger partial charge on any atom is -0.361 e. The largest absolute Gasteiger partial charge is 0.361 e. The molecule has 0 bridgehead atoms. The first kappa shape index (κ1) is 19.4. The summed E-state index contributed by atoms with van der Waals surface area (Å²) in [6.07, 6.45) is 6.26. The van der Waals surface area contributed by atoms with Crippen molar-refractivity contribution < 1.29 is 8.42 Å². The molecular weight excluding hydrogens is 396 g/mol. The van der Waals surface area contributed by atoms with Crippen molar-refractivity contribution in [3.8, 4) is 0 Å². The van der Waals surface area contributed by atoms with E-state index >= 15 is 0 Å². The number of hydrogen-bond acceptors (Lipinski definition) is 3. The Labute approximate surface area is 176 Å². The number of nitrogens with zero attached hydrogens (tertiary/aromatic N) is 2. The molecule has 2 aromatic heterocycles. The predicted molar refractivity (Wildman–Crippen MR) is 120 cm³/mol. The molecule has 7 heteroatoms. The summed E-state index contributed by atoms with van der Waals surface area (Å²) in [5.74, 6) is 0. The van der Waals surface area contributed by atoms with Crippen LogP contribution in [-0.2, 0) is 17.1 Å². The number of benzene rings is 2. The maximum absolute atomic E-state index is 13.1. The molecule has 0 saturated carbocycles. The first-order valence-electron chi connectivity index (χ1n) is 10.4. The number of likely N-dealkylation sites (tertiary alicyclic amines) is 1. The first-order chi connectivity index (χ1) is 14.5. The summed E-state index contributed by atoms with van der Waals surface area (Å²) in [5, 5.41) is 2.18. The van der Waals surface area contributed by atoms with Crippen LogP contribution in [0.5, 0.6) is 0 Å². The van der Waals surface area contributed by atoms with Crippen LogP contribution in [0.25, 0.3) is 21.8 Å². The Kier molecular flexibility index (Phi) is 4.89. The van der Waals surface area contributed by atoms with Gasteiger partial charge >= 0.3 is 0 Å². The summed E-state index contributed by atoms with van der Waals surface area (Å²) in [6.45, 7) is 2.33. The highest BCUT2D eigenvalue weighted by Gasteiger charge is 2.28. The van der Waals surface area contributed by atoms with Crippen molar-refractivity contribution in [1.82, 2.24) is 19.2 Å². The highest BCUT2D eigenvalue weighted by atomic mass is 32.2. The van der Waals surface area contributed by atoms with Gasteiger partial charge in [0.15, 0.2) is 0 Å². The van der Waals surface area contributed by atoms with Crippen LogP contribution < -0.4 is 4.72 Å². The predicted octanol–water partition coefficient (Wildman–Crippen LogP) is 3.78. The van der Waals surface area contributed by atoms with Gasteiger partial charge in [0.2, 0.25) is 10.0 Å². The van der Waals surface area contributed by atoms with Crippen molar-refractivity contribution in [3.05, 3.63) is 66.5 Å². The van der Waals surface area contributed by atoms with Gasteiger partial charge in [0, 0.05) is 42.4 Å². The summed E-state index contributed by atoms with van der Waals surface area (Å²) in [5.41, 5.74) is 3.16. The Bertz CT molecular complexity index is 1300. The molecule has 1 fully saturated rings. The van der Waals surface area contributed by atoms with Crippen LogP contribution in [0.2, 0.25) is 0 Å². The number of H-pyrrole nitrogens is 1. The molecule has 5 rings (SSSR count). The second-order valence-electron chi connectivity index (χ2n) is 8.05. The third kappa shape index (κ3) is 3.43. The monoisotopic (exact) mass is 422 g/mol. The van der Waals surface area contributed by atoms with E-state index in [9.17, 15) is 8.42 Å². The maximum atomic E-state index is 13.1. The van der Waals surface area contributed by atoms with Crippen molar-refractivity contribution in [2.75, 3.05) is 19.6 Å². The molecule has 1 saturated heterocycles. The van der Waals surface area contributed by atoms with Crippen LogP contribution in [0, 0.1) is 0 Å². The molecule has 2 N–H and O–H groups in total. The molecule has 1 atom stereocenters. The van der Waals surface area contributed by atoms with Gasteiger partial charge in [0.25, 0.3) is 0 Å². The number of rotatable bonds is 6. The lowest BCUT2D eigenvalue weighted by Crippen LogP contribution is -2.36. The number of sulfonamides is 1. The summed E-state index contributed by atoms with van der Waals surface area (Å²) >= 11 is 0. The topological polar surface area (TPSA) is 70.1 Å². The number of para-hydroxylation sites is 1. The van der Waals surface area contributed by atoms with Gasteiger partial charge in [-0.05, 0) is 61.1 Å². The SMILES string of the molecule is Cn1cc([C@@H](CNS(=O)(=O)c2ccc3cc[nH]c3c2)N2CCCC2)c2ccccc21.